The van der Waals surface area contributed by atoms with E-state index in [0.29, 0.717) is 0 Å². The van der Waals surface area contributed by atoms with E-state index >= 15 is 0 Å². The van der Waals surface area contributed by atoms with Crippen LogP contribution in [0.5, 0.6) is 5.75 Å². The van der Waals surface area contributed by atoms with Crippen LogP contribution in [0.1, 0.15) is 37.5 Å². The summed E-state index contributed by atoms with van der Waals surface area (Å²) < 4.78 is 9.33. The Balaban J connectivity index is 1.04. The van der Waals surface area contributed by atoms with E-state index < -0.39 is 5.60 Å². The van der Waals surface area contributed by atoms with E-state index in [-0.39, 0.29) is 11.5 Å². The molecule has 55 heavy (non-hydrogen) atoms. The molecule has 264 valence electrons. The van der Waals surface area contributed by atoms with Crippen LogP contribution < -0.4 is 9.64 Å². The summed E-state index contributed by atoms with van der Waals surface area (Å²) in [6.07, 6.45) is 6.76. The Labute approximate surface area is 322 Å². The van der Waals surface area contributed by atoms with Gasteiger partial charge in [0, 0.05) is 44.4 Å². The first-order valence-corrected chi connectivity index (χ1v) is 19.3. The van der Waals surface area contributed by atoms with Gasteiger partial charge in [-0.1, -0.05) is 135 Å². The summed E-state index contributed by atoms with van der Waals surface area (Å²) >= 11 is 0. The minimum Gasteiger partial charge on any atom is -0.480 e. The number of allylic oxidation sites excluding steroid dienone is 2. The molecule has 0 fully saturated rings. The molecule has 2 heterocycles. The second kappa shape index (κ2) is 11.7. The Hall–Kier alpha value is -6.58. The number of rotatable bonds is 5. The molecule has 0 amide bonds. The van der Waals surface area contributed by atoms with Crippen LogP contribution >= 0.6 is 0 Å². The molecule has 7 aromatic carbocycles. The van der Waals surface area contributed by atoms with Gasteiger partial charge < -0.3 is 14.2 Å². The number of hydrogen-bond acceptors (Lipinski definition) is 2. The first-order valence-electron chi connectivity index (χ1n) is 19.3. The standard InChI is InChI=1S/C52H40N2O/c1-51(2)44-19-10-7-16-39(44)40-30-29-38(33-46(40)51)53(50-23-13-20-45-42-18-9-12-22-49(42)55-52(45,50)3)37-27-24-34(25-28-37)35-26-31-48-43(32-35)41-17-8-11-21-47(41)54(48)36-14-5-4-6-15-36/h4-33,50H,1-3H3. The van der Waals surface area contributed by atoms with E-state index in [9.17, 15) is 0 Å². The Morgan fingerprint density at radius 3 is 2.07 bits per heavy atom. The highest BCUT2D eigenvalue weighted by Gasteiger charge is 2.49. The molecule has 1 aliphatic heterocycles. The van der Waals surface area contributed by atoms with Crippen molar-refractivity contribution in [2.75, 3.05) is 4.90 Å². The van der Waals surface area contributed by atoms with Crippen LogP contribution in [0, 0.1) is 0 Å². The fourth-order valence-corrected chi connectivity index (χ4v) is 9.71. The highest BCUT2D eigenvalue weighted by molar-refractivity contribution is 6.10. The molecular weight excluding hydrogens is 669 g/mol. The van der Waals surface area contributed by atoms with E-state index in [4.69, 9.17) is 4.74 Å². The highest BCUT2D eigenvalue weighted by Crippen LogP contribution is 2.53. The minimum absolute atomic E-state index is 0.101. The number of nitrogens with zero attached hydrogens (tertiary/aromatic N) is 2. The van der Waals surface area contributed by atoms with Crippen LogP contribution in [0.2, 0.25) is 0 Å². The van der Waals surface area contributed by atoms with Crippen molar-refractivity contribution in [1.29, 1.82) is 0 Å². The molecule has 11 rings (SSSR count). The normalized spacial score (nSPS) is 18.7. The first-order chi connectivity index (χ1) is 26.9. The molecule has 0 saturated carbocycles. The lowest BCUT2D eigenvalue weighted by molar-refractivity contribution is 0.151. The Bertz CT molecular complexity index is 2890. The average Bonchev–Trinajstić information content (AvgIpc) is 3.81. The maximum atomic E-state index is 6.96. The molecule has 0 spiro atoms. The van der Waals surface area contributed by atoms with Gasteiger partial charge in [0.25, 0.3) is 0 Å². The summed E-state index contributed by atoms with van der Waals surface area (Å²) in [7, 11) is 0. The Kier molecular flexibility index (Phi) is 6.79. The van der Waals surface area contributed by atoms with E-state index in [1.54, 1.807) is 0 Å². The van der Waals surface area contributed by atoms with Gasteiger partial charge in [0.2, 0.25) is 0 Å². The van der Waals surface area contributed by atoms with Gasteiger partial charge in [-0.2, -0.15) is 0 Å². The quantitative estimate of drug-likeness (QED) is 0.177. The largest absolute Gasteiger partial charge is 0.480 e. The van der Waals surface area contributed by atoms with Crippen molar-refractivity contribution in [2.24, 2.45) is 0 Å². The predicted molar refractivity (Wildman–Crippen MR) is 229 cm³/mol. The van der Waals surface area contributed by atoms with Crippen molar-refractivity contribution in [1.82, 2.24) is 4.57 Å². The van der Waals surface area contributed by atoms with Crippen LogP contribution in [-0.4, -0.2) is 16.2 Å². The molecule has 0 radical (unpaired) electrons. The lowest BCUT2D eigenvalue weighted by Crippen LogP contribution is -2.51. The third kappa shape index (κ3) is 4.63. The van der Waals surface area contributed by atoms with Crippen LogP contribution in [0.3, 0.4) is 0 Å². The first kappa shape index (κ1) is 31.9. The van der Waals surface area contributed by atoms with Gasteiger partial charge in [-0.15, -0.1) is 0 Å². The molecule has 0 saturated heterocycles. The van der Waals surface area contributed by atoms with Crippen LogP contribution in [0.15, 0.2) is 182 Å². The predicted octanol–water partition coefficient (Wildman–Crippen LogP) is 13.1. The molecule has 2 aliphatic carbocycles. The number of anilines is 2. The van der Waals surface area contributed by atoms with Crippen molar-refractivity contribution >= 4 is 38.8 Å². The highest BCUT2D eigenvalue weighted by atomic mass is 16.5. The van der Waals surface area contributed by atoms with Gasteiger partial charge in [0.05, 0.1) is 17.1 Å². The number of ether oxygens (including phenoxy) is 1. The molecule has 3 heteroatoms. The summed E-state index contributed by atoms with van der Waals surface area (Å²) in [5.74, 6) is 0.940. The fraction of sp³-hybridized carbons (Fsp3) is 0.115. The molecule has 2 atom stereocenters. The van der Waals surface area contributed by atoms with Crippen molar-refractivity contribution in [3.05, 3.63) is 199 Å². The third-order valence-electron chi connectivity index (χ3n) is 12.4. The minimum atomic E-state index is -0.591. The fourth-order valence-electron chi connectivity index (χ4n) is 9.71. The maximum Gasteiger partial charge on any atom is 0.156 e. The summed E-state index contributed by atoms with van der Waals surface area (Å²) in [5, 5.41) is 2.51. The topological polar surface area (TPSA) is 17.4 Å². The van der Waals surface area contributed by atoms with Crippen LogP contribution in [0.4, 0.5) is 11.4 Å². The van der Waals surface area contributed by atoms with Gasteiger partial charge in [-0.3, -0.25) is 0 Å². The Morgan fingerprint density at radius 1 is 0.545 bits per heavy atom. The molecular formula is C52H40N2O. The van der Waals surface area contributed by atoms with E-state index in [0.717, 1.165) is 17.1 Å². The van der Waals surface area contributed by atoms with Gasteiger partial charge in [-0.25, -0.2) is 0 Å². The number of benzene rings is 7. The molecule has 3 nitrogen and oxygen atoms in total. The SMILES string of the molecule is CC1(C)c2ccccc2-c2ccc(N(c3ccc(-c4ccc5c(c4)c4ccccc4n5-c4ccccc4)cc3)C3C=CC=C4c5ccccc5OC43C)cc21. The Morgan fingerprint density at radius 2 is 1.22 bits per heavy atom. The van der Waals surface area contributed by atoms with E-state index in [1.807, 2.05) is 0 Å². The molecule has 0 N–H and O–H groups in total. The third-order valence-corrected chi connectivity index (χ3v) is 12.4. The molecule has 2 unspecified atom stereocenters. The van der Waals surface area contributed by atoms with E-state index in [1.165, 1.54) is 72.0 Å². The second-order valence-corrected chi connectivity index (χ2v) is 15.9. The van der Waals surface area contributed by atoms with Crippen molar-refractivity contribution in [3.63, 3.8) is 0 Å². The lowest BCUT2D eigenvalue weighted by Gasteiger charge is -2.43. The van der Waals surface area contributed by atoms with Gasteiger partial charge in [0.15, 0.2) is 5.60 Å². The molecule has 0 bridgehead atoms. The molecule has 8 aromatic rings. The average molecular weight is 709 g/mol. The number of para-hydroxylation sites is 3. The number of hydrogen-bond donors (Lipinski definition) is 0. The number of fused-ring (bicyclic) bond motifs is 9. The van der Waals surface area contributed by atoms with Crippen molar-refractivity contribution < 1.29 is 4.74 Å². The molecule has 3 aliphatic rings. The zero-order valence-corrected chi connectivity index (χ0v) is 31.2. The van der Waals surface area contributed by atoms with Crippen LogP contribution in [-0.2, 0) is 5.41 Å². The van der Waals surface area contributed by atoms with Gasteiger partial charge >= 0.3 is 0 Å². The summed E-state index contributed by atoms with van der Waals surface area (Å²) in [6, 6.07) is 59.7. The molecule has 1 aromatic heterocycles. The van der Waals surface area contributed by atoms with Gasteiger partial charge in [-0.05, 0) is 101 Å². The monoisotopic (exact) mass is 708 g/mol. The maximum absolute atomic E-state index is 6.96. The number of aromatic nitrogens is 1. The summed E-state index contributed by atoms with van der Waals surface area (Å²) in [5.41, 5.74) is 15.3. The van der Waals surface area contributed by atoms with E-state index in [2.05, 4.69) is 212 Å². The van der Waals surface area contributed by atoms with Gasteiger partial charge in [0.1, 0.15) is 5.75 Å². The zero-order chi connectivity index (χ0) is 36.9. The second-order valence-electron chi connectivity index (χ2n) is 15.9. The lowest BCUT2D eigenvalue weighted by atomic mass is 9.80. The van der Waals surface area contributed by atoms with Crippen molar-refractivity contribution in [3.8, 4) is 33.7 Å². The zero-order valence-electron chi connectivity index (χ0n) is 31.2. The smallest absolute Gasteiger partial charge is 0.156 e. The summed E-state index contributed by atoms with van der Waals surface area (Å²) in [4.78, 5) is 2.50. The summed E-state index contributed by atoms with van der Waals surface area (Å²) in [6.45, 7) is 6.96. The van der Waals surface area contributed by atoms with Crippen LogP contribution in [0.25, 0.3) is 55.3 Å². The van der Waals surface area contributed by atoms with Crippen molar-refractivity contribution in [2.45, 2.75) is 37.8 Å².